The first-order valence-electron chi connectivity index (χ1n) is 15.2. The van der Waals surface area contributed by atoms with E-state index in [1.54, 1.807) is 25.1 Å². The average molecular weight is 690 g/mol. The summed E-state index contributed by atoms with van der Waals surface area (Å²) < 4.78 is 52.5. The van der Waals surface area contributed by atoms with Crippen LogP contribution < -0.4 is 30.8 Å². The number of aliphatic imine (C=N–C) groups is 1. The number of hydrogen-bond donors (Lipinski definition) is 1. The largest absolute Gasteiger partial charge is 0.493 e. The molecule has 1 aliphatic heterocycles. The fourth-order valence-electron chi connectivity index (χ4n) is 5.19. The molecule has 1 aromatic heterocycles. The predicted molar refractivity (Wildman–Crippen MR) is 181 cm³/mol. The summed E-state index contributed by atoms with van der Waals surface area (Å²) in [6.45, 7) is 6.03. The van der Waals surface area contributed by atoms with Gasteiger partial charge in [-0.3, -0.25) is 23.9 Å². The first-order chi connectivity index (χ1) is 24.1. The van der Waals surface area contributed by atoms with E-state index in [1.165, 1.54) is 43.4 Å². The van der Waals surface area contributed by atoms with Crippen molar-refractivity contribution in [2.24, 2.45) is 4.99 Å². The molecule has 260 valence electrons. The minimum absolute atomic E-state index is 0.0276. The Bertz CT molecular complexity index is 2090. The molecule has 4 aromatic rings. The molecule has 0 spiro atoms. The third kappa shape index (κ3) is 7.47. The standard InChI is InChI=1S/C35H33F2N5O8/c1-5-28(24-17-30(47-3)31(48-4)18-27(24)38-2)50-29-11-8-22(16-26(29)37)39-33(44)25-19-41(20-32(43)40-12-14-49-15-13-40)35(46)42(34(25)45)23-9-6-21(36)7-10-23/h5-11,16-19H,2,12-15,20H2,1,3-4H3,(H,39,44)/b28-5+. The summed E-state index contributed by atoms with van der Waals surface area (Å²) in [6, 6.07) is 11.3. The lowest BCUT2D eigenvalue weighted by Crippen LogP contribution is -2.46. The maximum atomic E-state index is 15.4. The number of nitrogens with one attached hydrogen (secondary N) is 1. The van der Waals surface area contributed by atoms with E-state index in [0.717, 1.165) is 29.0 Å². The molecule has 1 N–H and O–H groups in total. The van der Waals surface area contributed by atoms with Crippen LogP contribution in [0.3, 0.4) is 0 Å². The molecule has 1 fully saturated rings. The Labute approximate surface area is 284 Å². The summed E-state index contributed by atoms with van der Waals surface area (Å²) in [4.78, 5) is 59.0. The van der Waals surface area contributed by atoms with Crippen molar-refractivity contribution in [2.45, 2.75) is 13.5 Å². The summed E-state index contributed by atoms with van der Waals surface area (Å²) in [5.41, 5.74) is -1.73. The van der Waals surface area contributed by atoms with Gasteiger partial charge in [0.25, 0.3) is 11.5 Å². The van der Waals surface area contributed by atoms with E-state index < -0.39 is 46.8 Å². The highest BCUT2D eigenvalue weighted by molar-refractivity contribution is 6.04. The van der Waals surface area contributed by atoms with Crippen molar-refractivity contribution in [2.75, 3.05) is 45.8 Å². The third-order valence-electron chi connectivity index (χ3n) is 7.76. The zero-order valence-corrected chi connectivity index (χ0v) is 27.4. The highest BCUT2D eigenvalue weighted by Gasteiger charge is 2.23. The van der Waals surface area contributed by atoms with Crippen molar-refractivity contribution in [3.8, 4) is 22.9 Å². The topological polar surface area (TPSA) is 143 Å². The fourth-order valence-corrected chi connectivity index (χ4v) is 5.19. The highest BCUT2D eigenvalue weighted by Crippen LogP contribution is 2.39. The molecule has 15 heteroatoms. The van der Waals surface area contributed by atoms with Crippen molar-refractivity contribution in [3.63, 3.8) is 0 Å². The van der Waals surface area contributed by atoms with E-state index in [1.807, 2.05) is 0 Å². The second kappa shape index (κ2) is 15.4. The summed E-state index contributed by atoms with van der Waals surface area (Å²) >= 11 is 0. The Morgan fingerprint density at radius 3 is 2.26 bits per heavy atom. The SMILES string of the molecule is C=Nc1cc(OC)c(OC)cc1/C(=C\C)Oc1ccc(NC(=O)c2cn(CC(=O)N3CCOCC3)c(=O)n(-c3ccc(F)cc3)c2=O)cc1F. The summed E-state index contributed by atoms with van der Waals surface area (Å²) in [5.74, 6) is -2.10. The number of morpholine rings is 1. The van der Waals surface area contributed by atoms with Crippen LogP contribution in [0, 0.1) is 11.6 Å². The molecule has 2 heterocycles. The fraction of sp³-hybridized carbons (Fsp3) is 0.229. The number of amides is 2. The molecular weight excluding hydrogens is 656 g/mol. The van der Waals surface area contributed by atoms with Crippen molar-refractivity contribution in [3.05, 3.63) is 110 Å². The number of halogens is 2. The van der Waals surface area contributed by atoms with Crippen molar-refractivity contribution < 1.29 is 37.3 Å². The van der Waals surface area contributed by atoms with Crippen LogP contribution >= 0.6 is 0 Å². The number of benzene rings is 3. The zero-order chi connectivity index (χ0) is 35.9. The van der Waals surface area contributed by atoms with Gasteiger partial charge in [-0.05, 0) is 62.2 Å². The molecule has 2 amide bonds. The molecule has 0 bridgehead atoms. The van der Waals surface area contributed by atoms with E-state index in [0.29, 0.717) is 53.6 Å². The average Bonchev–Trinajstić information content (AvgIpc) is 3.13. The normalized spacial score (nSPS) is 13.1. The van der Waals surface area contributed by atoms with Crippen LogP contribution in [0.25, 0.3) is 11.4 Å². The summed E-state index contributed by atoms with van der Waals surface area (Å²) in [7, 11) is 2.93. The second-order valence-corrected chi connectivity index (χ2v) is 10.8. The smallest absolute Gasteiger partial charge is 0.336 e. The van der Waals surface area contributed by atoms with Gasteiger partial charge in [0.2, 0.25) is 5.91 Å². The van der Waals surface area contributed by atoms with E-state index in [-0.39, 0.29) is 22.9 Å². The van der Waals surface area contributed by atoms with Crippen molar-refractivity contribution in [1.29, 1.82) is 0 Å². The van der Waals surface area contributed by atoms with E-state index in [2.05, 4.69) is 17.0 Å². The molecule has 13 nitrogen and oxygen atoms in total. The van der Waals surface area contributed by atoms with Gasteiger partial charge in [0, 0.05) is 42.7 Å². The van der Waals surface area contributed by atoms with Gasteiger partial charge in [0.1, 0.15) is 23.7 Å². The third-order valence-corrected chi connectivity index (χ3v) is 7.76. The van der Waals surface area contributed by atoms with Crippen LogP contribution in [0.2, 0.25) is 0 Å². The van der Waals surface area contributed by atoms with Gasteiger partial charge in [-0.1, -0.05) is 0 Å². The quantitative estimate of drug-likeness (QED) is 0.183. The van der Waals surface area contributed by atoms with Gasteiger partial charge in [0.15, 0.2) is 23.1 Å². The van der Waals surface area contributed by atoms with Crippen LogP contribution in [0.4, 0.5) is 20.2 Å². The first-order valence-corrected chi connectivity index (χ1v) is 15.2. The molecule has 3 aromatic carbocycles. The Hall–Kier alpha value is -6.09. The molecule has 5 rings (SSSR count). The Balaban J connectivity index is 1.44. The van der Waals surface area contributed by atoms with Crippen LogP contribution in [0.1, 0.15) is 22.8 Å². The van der Waals surface area contributed by atoms with Crippen LogP contribution in [-0.2, 0) is 16.1 Å². The highest BCUT2D eigenvalue weighted by atomic mass is 19.1. The van der Waals surface area contributed by atoms with Gasteiger partial charge >= 0.3 is 5.69 Å². The van der Waals surface area contributed by atoms with Gasteiger partial charge in [-0.2, -0.15) is 0 Å². The lowest BCUT2D eigenvalue weighted by Gasteiger charge is -2.27. The van der Waals surface area contributed by atoms with Gasteiger partial charge in [-0.15, -0.1) is 0 Å². The summed E-state index contributed by atoms with van der Waals surface area (Å²) in [5, 5.41) is 2.46. The van der Waals surface area contributed by atoms with Gasteiger partial charge < -0.3 is 29.2 Å². The number of rotatable bonds is 11. The minimum Gasteiger partial charge on any atom is -0.493 e. The predicted octanol–water partition coefficient (Wildman–Crippen LogP) is 4.18. The number of ether oxygens (including phenoxy) is 4. The number of allylic oxidation sites excluding steroid dienone is 1. The van der Waals surface area contributed by atoms with Crippen molar-refractivity contribution in [1.82, 2.24) is 14.0 Å². The Morgan fingerprint density at radius 2 is 1.64 bits per heavy atom. The molecule has 0 unspecified atom stereocenters. The van der Waals surface area contributed by atoms with Crippen molar-refractivity contribution >= 4 is 35.7 Å². The molecule has 1 aliphatic rings. The zero-order valence-electron chi connectivity index (χ0n) is 27.4. The molecule has 1 saturated heterocycles. The molecule has 50 heavy (non-hydrogen) atoms. The van der Waals surface area contributed by atoms with Crippen LogP contribution in [0.15, 0.2) is 81.5 Å². The number of nitrogens with zero attached hydrogens (tertiary/aromatic N) is 4. The van der Waals surface area contributed by atoms with Crippen LogP contribution in [0.5, 0.6) is 17.2 Å². The number of carbonyl (C=O) groups is 2. The number of aromatic nitrogens is 2. The Morgan fingerprint density at radius 1 is 0.960 bits per heavy atom. The Kier molecular flexibility index (Phi) is 10.9. The molecule has 0 aliphatic carbocycles. The van der Waals surface area contributed by atoms with Crippen LogP contribution in [-0.4, -0.2) is 73.1 Å². The van der Waals surface area contributed by atoms with Gasteiger partial charge in [-0.25, -0.2) is 18.1 Å². The minimum atomic E-state index is -1.03. The monoisotopic (exact) mass is 689 g/mol. The van der Waals surface area contributed by atoms with Gasteiger partial charge in [0.05, 0.1) is 38.8 Å². The molecule has 0 radical (unpaired) electrons. The number of carbonyl (C=O) groups excluding carboxylic acids is 2. The van der Waals surface area contributed by atoms with E-state index in [4.69, 9.17) is 18.9 Å². The number of methoxy groups -OCH3 is 2. The second-order valence-electron chi connectivity index (χ2n) is 10.8. The number of anilines is 1. The first kappa shape index (κ1) is 35.2. The van der Waals surface area contributed by atoms with E-state index >= 15 is 4.39 Å². The maximum Gasteiger partial charge on any atom is 0.336 e. The lowest BCUT2D eigenvalue weighted by atomic mass is 10.1. The molecule has 0 saturated carbocycles. The van der Waals surface area contributed by atoms with E-state index in [9.17, 15) is 23.6 Å². The lowest BCUT2D eigenvalue weighted by molar-refractivity contribution is -0.136. The molecule has 0 atom stereocenters. The maximum absolute atomic E-state index is 15.4. The summed E-state index contributed by atoms with van der Waals surface area (Å²) in [6.07, 6.45) is 2.56. The molecular formula is C35H33F2N5O8. The number of hydrogen-bond acceptors (Lipinski definition) is 9.